The highest BCUT2D eigenvalue weighted by molar-refractivity contribution is 7.13. The molecule has 3 heterocycles. The Hall–Kier alpha value is -2.98. The topological polar surface area (TPSA) is 121 Å². The highest BCUT2D eigenvalue weighted by atomic mass is 32.1. The first-order chi connectivity index (χ1) is 13.3. The summed E-state index contributed by atoms with van der Waals surface area (Å²) in [6.07, 6.45) is 0.622. The maximum atomic E-state index is 12.1. The van der Waals surface area contributed by atoms with Crippen LogP contribution in [0.3, 0.4) is 0 Å². The summed E-state index contributed by atoms with van der Waals surface area (Å²) >= 11 is 2.60. The Morgan fingerprint density at radius 2 is 2.00 bits per heavy atom. The highest BCUT2D eigenvalue weighted by Crippen LogP contribution is 2.46. The third-order valence-corrected chi connectivity index (χ3v) is 5.82. The van der Waals surface area contributed by atoms with Crippen molar-refractivity contribution in [2.45, 2.75) is 13.3 Å². The summed E-state index contributed by atoms with van der Waals surface area (Å²) in [5, 5.41) is 37.1. The summed E-state index contributed by atoms with van der Waals surface area (Å²) in [6.45, 7) is 1.94. The van der Waals surface area contributed by atoms with Crippen LogP contribution in [0.2, 0.25) is 0 Å². The Kier molecular flexibility index (Phi) is 5.61. The number of H-pyrrole nitrogens is 1. The largest absolute Gasteiger partial charge is 0.504 e. The van der Waals surface area contributed by atoms with Gasteiger partial charge in [-0.05, 0) is 17.9 Å². The van der Waals surface area contributed by atoms with Crippen LogP contribution < -0.4 is 5.32 Å². The van der Waals surface area contributed by atoms with Crippen LogP contribution in [0.15, 0.2) is 27.9 Å². The zero-order valence-electron chi connectivity index (χ0n) is 15.5. The first-order valence-electron chi connectivity index (χ1n) is 8.37. The van der Waals surface area contributed by atoms with Crippen LogP contribution in [0.4, 0.5) is 17.1 Å². The summed E-state index contributed by atoms with van der Waals surface area (Å²) in [6, 6.07) is 3.83. The van der Waals surface area contributed by atoms with Crippen molar-refractivity contribution in [2.24, 2.45) is 4.99 Å². The van der Waals surface area contributed by atoms with Crippen LogP contribution in [0.25, 0.3) is 0 Å². The van der Waals surface area contributed by atoms with E-state index in [9.17, 15) is 20.1 Å². The van der Waals surface area contributed by atoms with Crippen molar-refractivity contribution in [3.63, 3.8) is 0 Å². The summed E-state index contributed by atoms with van der Waals surface area (Å²) in [5.41, 5.74) is 1.20. The van der Waals surface area contributed by atoms with Crippen LogP contribution in [-0.2, 0) is 0 Å². The van der Waals surface area contributed by atoms with Gasteiger partial charge in [-0.25, -0.2) is 4.99 Å². The van der Waals surface area contributed by atoms with Gasteiger partial charge >= 0.3 is 0 Å². The number of nitrogens with one attached hydrogen (secondary N) is 2. The van der Waals surface area contributed by atoms with E-state index in [2.05, 4.69) is 15.3 Å². The van der Waals surface area contributed by atoms with E-state index in [1.807, 2.05) is 24.4 Å². The Morgan fingerprint density at radius 1 is 1.25 bits per heavy atom. The van der Waals surface area contributed by atoms with Gasteiger partial charge in [-0.3, -0.25) is 9.78 Å². The predicted octanol–water partition coefficient (Wildman–Crippen LogP) is 4.23. The van der Waals surface area contributed by atoms with E-state index in [1.165, 1.54) is 16.2 Å². The number of aromatic hydroxyl groups is 3. The first-order valence-corrected chi connectivity index (χ1v) is 10.1. The molecule has 0 unspecified atom stereocenters. The Bertz CT molecular complexity index is 1020. The first kappa shape index (κ1) is 19.8. The predicted molar refractivity (Wildman–Crippen MR) is 112 cm³/mol. The number of carbonyl (C=O) groups is 1. The Balaban J connectivity index is 2.00. The molecule has 0 fully saturated rings. The van der Waals surface area contributed by atoms with Gasteiger partial charge in [0.15, 0.2) is 11.4 Å². The molecule has 3 aromatic heterocycles. The number of nitrogens with zero attached hydrogens (tertiary/aromatic N) is 2. The number of hydrogen-bond acceptors (Lipinski definition) is 8. The van der Waals surface area contributed by atoms with Gasteiger partial charge in [-0.2, -0.15) is 0 Å². The lowest BCUT2D eigenvalue weighted by atomic mass is 10.2. The monoisotopic (exact) mass is 420 g/mol. The van der Waals surface area contributed by atoms with E-state index in [4.69, 9.17) is 0 Å². The summed E-state index contributed by atoms with van der Waals surface area (Å²) in [5.74, 6) is -1.20. The molecule has 0 aliphatic heterocycles. The lowest BCUT2D eigenvalue weighted by Crippen LogP contribution is -2.20. The summed E-state index contributed by atoms with van der Waals surface area (Å²) in [7, 11) is 3.18. The van der Waals surface area contributed by atoms with Gasteiger partial charge in [0.2, 0.25) is 11.8 Å². The lowest BCUT2D eigenvalue weighted by molar-refractivity contribution is 0.0829. The SMILES string of the molecule is CCC(=Nc1c(O)[nH]c(O)c1Nc1csc(C(=O)N(C)C)c1O)c1cccs1. The normalized spacial score (nSPS) is 11.6. The van der Waals surface area contributed by atoms with Gasteiger partial charge < -0.3 is 25.5 Å². The van der Waals surface area contributed by atoms with Crippen molar-refractivity contribution >= 4 is 51.4 Å². The molecule has 3 aromatic rings. The molecule has 5 N–H and O–H groups in total. The number of thiophene rings is 2. The van der Waals surface area contributed by atoms with Gasteiger partial charge in [-0.15, -0.1) is 22.7 Å². The summed E-state index contributed by atoms with van der Waals surface area (Å²) < 4.78 is 0. The van der Waals surface area contributed by atoms with Gasteiger partial charge in [0.05, 0.1) is 11.4 Å². The molecule has 3 rings (SSSR count). The van der Waals surface area contributed by atoms with Crippen molar-refractivity contribution in [1.29, 1.82) is 0 Å². The second-order valence-corrected chi connectivity index (χ2v) is 7.91. The number of hydrogen-bond donors (Lipinski definition) is 5. The number of anilines is 2. The minimum absolute atomic E-state index is 0.108. The molecule has 0 aromatic carbocycles. The molecule has 0 bridgehead atoms. The molecule has 28 heavy (non-hydrogen) atoms. The van der Waals surface area contributed by atoms with Crippen LogP contribution in [0, 0.1) is 0 Å². The van der Waals surface area contributed by atoms with Crippen LogP contribution in [0.5, 0.6) is 17.5 Å². The third kappa shape index (κ3) is 3.69. The zero-order chi connectivity index (χ0) is 20.4. The number of aromatic amines is 1. The van der Waals surface area contributed by atoms with Gasteiger partial charge in [0.25, 0.3) is 5.91 Å². The van der Waals surface area contributed by atoms with Crippen molar-refractivity contribution in [2.75, 3.05) is 19.4 Å². The summed E-state index contributed by atoms with van der Waals surface area (Å²) in [4.78, 5) is 21.5. The second-order valence-electron chi connectivity index (χ2n) is 6.09. The molecule has 0 saturated carbocycles. The fourth-order valence-electron chi connectivity index (χ4n) is 2.51. The Morgan fingerprint density at radius 3 is 2.61 bits per heavy atom. The van der Waals surface area contributed by atoms with E-state index >= 15 is 0 Å². The molecule has 148 valence electrons. The molecule has 0 aliphatic carbocycles. The minimum Gasteiger partial charge on any atom is -0.504 e. The molecule has 0 atom stereocenters. The van der Waals surface area contributed by atoms with Crippen molar-refractivity contribution in [3.8, 4) is 17.5 Å². The minimum atomic E-state index is -0.333. The van der Waals surface area contributed by atoms with Crippen molar-refractivity contribution in [1.82, 2.24) is 9.88 Å². The third-order valence-electron chi connectivity index (χ3n) is 3.95. The standard InChI is InChI=1S/C18H20N4O4S2/c1-4-9(11-6-5-7-27-11)19-12-13(17(25)21-16(12)24)20-10-8-28-15(14(10)23)18(26)22(2)3/h5-8,20-21,23-25H,4H2,1-3H3. The number of rotatable bonds is 6. The molecular formula is C18H20N4O4S2. The number of amides is 1. The molecular weight excluding hydrogens is 400 g/mol. The van der Waals surface area contributed by atoms with E-state index in [0.29, 0.717) is 6.42 Å². The van der Waals surface area contributed by atoms with E-state index < -0.39 is 0 Å². The van der Waals surface area contributed by atoms with Gasteiger partial charge in [-0.1, -0.05) is 13.0 Å². The Labute approximate surface area is 169 Å². The number of carbonyl (C=O) groups excluding carboxylic acids is 1. The molecule has 10 heteroatoms. The molecule has 1 amide bonds. The second kappa shape index (κ2) is 7.95. The van der Waals surface area contributed by atoms with Crippen molar-refractivity contribution in [3.05, 3.63) is 32.6 Å². The molecule has 8 nitrogen and oxygen atoms in total. The van der Waals surface area contributed by atoms with Crippen LogP contribution >= 0.6 is 22.7 Å². The van der Waals surface area contributed by atoms with E-state index in [0.717, 1.165) is 21.9 Å². The maximum absolute atomic E-state index is 12.1. The highest BCUT2D eigenvalue weighted by Gasteiger charge is 2.23. The van der Waals surface area contributed by atoms with E-state index in [-0.39, 0.29) is 45.4 Å². The van der Waals surface area contributed by atoms with Crippen LogP contribution in [-0.4, -0.2) is 50.9 Å². The number of aromatic nitrogens is 1. The van der Waals surface area contributed by atoms with Gasteiger partial charge in [0.1, 0.15) is 10.6 Å². The van der Waals surface area contributed by atoms with Gasteiger partial charge in [0, 0.05) is 24.4 Å². The van der Waals surface area contributed by atoms with Crippen LogP contribution in [0.1, 0.15) is 27.9 Å². The fourth-order valence-corrected chi connectivity index (χ4v) is 4.21. The molecule has 0 saturated heterocycles. The molecule has 0 spiro atoms. The fraction of sp³-hybridized carbons (Fsp3) is 0.222. The van der Waals surface area contributed by atoms with Crippen molar-refractivity contribution < 1.29 is 20.1 Å². The lowest BCUT2D eigenvalue weighted by Gasteiger charge is -2.09. The maximum Gasteiger partial charge on any atom is 0.267 e. The molecule has 0 aliphatic rings. The zero-order valence-corrected chi connectivity index (χ0v) is 17.1. The van der Waals surface area contributed by atoms with E-state index in [1.54, 1.807) is 19.5 Å². The number of aliphatic imine (C=N–C) groups is 1. The smallest absolute Gasteiger partial charge is 0.267 e. The average Bonchev–Trinajstić information content (AvgIpc) is 3.36. The molecule has 0 radical (unpaired) electrons. The average molecular weight is 421 g/mol. The quantitative estimate of drug-likeness (QED) is 0.382.